The van der Waals surface area contributed by atoms with E-state index in [1.165, 1.54) is 0 Å². The maximum absolute atomic E-state index is 12.2. The molecule has 2 aromatic rings. The van der Waals surface area contributed by atoms with E-state index in [1.54, 1.807) is 10.7 Å². The van der Waals surface area contributed by atoms with Crippen LogP contribution in [0.25, 0.3) is 11.4 Å². The van der Waals surface area contributed by atoms with Crippen LogP contribution in [0.2, 0.25) is 0 Å². The minimum Gasteiger partial charge on any atom is -0.352 e. The number of nitrogens with one attached hydrogen (secondary N) is 1. The first-order valence-electron chi connectivity index (χ1n) is 7.41. The van der Waals surface area contributed by atoms with Crippen LogP contribution in [0.3, 0.4) is 0 Å². The van der Waals surface area contributed by atoms with E-state index in [0.717, 1.165) is 18.5 Å². The highest BCUT2D eigenvalue weighted by molar-refractivity contribution is 5.95. The van der Waals surface area contributed by atoms with Crippen LogP contribution in [0.1, 0.15) is 23.7 Å². The molecule has 0 radical (unpaired) electrons. The number of tetrazole rings is 1. The number of nitrogens with zero attached hydrogens (tertiary/aromatic N) is 5. The molecule has 0 atom stereocenters. The lowest BCUT2D eigenvalue weighted by molar-refractivity contribution is 0.0952. The maximum atomic E-state index is 12.2. The second-order valence-corrected chi connectivity index (χ2v) is 5.31. The van der Waals surface area contributed by atoms with Crippen LogP contribution in [0.4, 0.5) is 0 Å². The summed E-state index contributed by atoms with van der Waals surface area (Å²) in [5, 5.41) is 14.5. The minimum absolute atomic E-state index is 0.0730. The van der Waals surface area contributed by atoms with Gasteiger partial charge < -0.3 is 10.2 Å². The van der Waals surface area contributed by atoms with Crippen molar-refractivity contribution >= 4 is 5.91 Å². The van der Waals surface area contributed by atoms with Gasteiger partial charge in [0.2, 0.25) is 0 Å². The topological polar surface area (TPSA) is 75.9 Å². The van der Waals surface area contributed by atoms with Gasteiger partial charge in [-0.25, -0.2) is 4.68 Å². The summed E-state index contributed by atoms with van der Waals surface area (Å²) in [6.45, 7) is 4.27. The minimum atomic E-state index is -0.0730. The molecular formula is C15H22N6O. The molecule has 2 rings (SSSR count). The molecule has 0 fully saturated rings. The summed E-state index contributed by atoms with van der Waals surface area (Å²) in [5.41, 5.74) is 1.46. The summed E-state index contributed by atoms with van der Waals surface area (Å²) in [6, 6.07) is 7.36. The summed E-state index contributed by atoms with van der Waals surface area (Å²) in [4.78, 5) is 14.3. The van der Waals surface area contributed by atoms with Gasteiger partial charge in [-0.3, -0.25) is 4.79 Å². The van der Waals surface area contributed by atoms with E-state index in [2.05, 4.69) is 25.7 Å². The van der Waals surface area contributed by atoms with Crippen LogP contribution in [0.15, 0.2) is 24.3 Å². The first-order chi connectivity index (χ1) is 10.6. The molecule has 7 heteroatoms. The van der Waals surface area contributed by atoms with Crippen molar-refractivity contribution in [1.82, 2.24) is 30.4 Å². The summed E-state index contributed by atoms with van der Waals surface area (Å²) >= 11 is 0. The fraction of sp³-hybridized carbons (Fsp3) is 0.467. The van der Waals surface area contributed by atoms with Gasteiger partial charge >= 0.3 is 0 Å². The number of benzene rings is 1. The van der Waals surface area contributed by atoms with E-state index in [4.69, 9.17) is 0 Å². The molecule has 0 bridgehead atoms. The quantitative estimate of drug-likeness (QED) is 0.773. The molecule has 0 aliphatic rings. The molecule has 118 valence electrons. The Labute approximate surface area is 130 Å². The van der Waals surface area contributed by atoms with Crippen molar-refractivity contribution in [2.75, 3.05) is 27.2 Å². The second-order valence-electron chi connectivity index (χ2n) is 5.31. The van der Waals surface area contributed by atoms with Crippen molar-refractivity contribution in [2.24, 2.45) is 0 Å². The first-order valence-corrected chi connectivity index (χ1v) is 7.41. The third-order valence-electron chi connectivity index (χ3n) is 3.28. The number of carbonyl (C=O) groups is 1. The average molecular weight is 302 g/mol. The molecule has 1 aromatic carbocycles. The maximum Gasteiger partial charge on any atom is 0.251 e. The highest BCUT2D eigenvalue weighted by Crippen LogP contribution is 2.17. The molecule has 1 N–H and O–H groups in total. The summed E-state index contributed by atoms with van der Waals surface area (Å²) < 4.78 is 1.70. The molecular weight excluding hydrogens is 280 g/mol. The van der Waals surface area contributed by atoms with Gasteiger partial charge in [0.05, 0.1) is 0 Å². The number of rotatable bonds is 7. The van der Waals surface area contributed by atoms with Crippen molar-refractivity contribution in [3.8, 4) is 11.4 Å². The van der Waals surface area contributed by atoms with Crippen molar-refractivity contribution < 1.29 is 4.79 Å². The Kier molecular flexibility index (Phi) is 5.60. The van der Waals surface area contributed by atoms with E-state index in [0.29, 0.717) is 24.5 Å². The van der Waals surface area contributed by atoms with Crippen molar-refractivity contribution in [3.05, 3.63) is 29.8 Å². The van der Waals surface area contributed by atoms with Crippen LogP contribution in [0, 0.1) is 0 Å². The van der Waals surface area contributed by atoms with Crippen molar-refractivity contribution in [1.29, 1.82) is 0 Å². The monoisotopic (exact) mass is 302 g/mol. The largest absolute Gasteiger partial charge is 0.352 e. The zero-order valence-corrected chi connectivity index (χ0v) is 13.3. The van der Waals surface area contributed by atoms with Crippen molar-refractivity contribution in [3.63, 3.8) is 0 Å². The van der Waals surface area contributed by atoms with Gasteiger partial charge in [-0.2, -0.15) is 0 Å². The van der Waals surface area contributed by atoms with E-state index in [-0.39, 0.29) is 5.91 Å². The fourth-order valence-electron chi connectivity index (χ4n) is 2.12. The van der Waals surface area contributed by atoms with Gasteiger partial charge in [0.1, 0.15) is 0 Å². The molecule has 0 aliphatic heterocycles. The Balaban J connectivity index is 2.03. The molecule has 1 amide bonds. The molecule has 7 nitrogen and oxygen atoms in total. The standard InChI is InChI=1S/C15H22N6O/c1-4-21-14(17-18-19-21)12-7-5-8-13(11-12)15(22)16-9-6-10-20(2)3/h5,7-8,11H,4,6,9-10H2,1-3H3,(H,16,22). The number of aromatic nitrogens is 4. The van der Waals surface area contributed by atoms with E-state index < -0.39 is 0 Å². The fourth-order valence-corrected chi connectivity index (χ4v) is 2.12. The van der Waals surface area contributed by atoms with Crippen LogP contribution in [0.5, 0.6) is 0 Å². The smallest absolute Gasteiger partial charge is 0.251 e. The number of aryl methyl sites for hydroxylation is 1. The van der Waals surface area contributed by atoms with E-state index in [1.807, 2.05) is 39.2 Å². The molecule has 1 aromatic heterocycles. The molecule has 0 saturated carbocycles. The van der Waals surface area contributed by atoms with Crippen molar-refractivity contribution in [2.45, 2.75) is 19.9 Å². The van der Waals surface area contributed by atoms with E-state index >= 15 is 0 Å². The second kappa shape index (κ2) is 7.65. The lowest BCUT2D eigenvalue weighted by Gasteiger charge is -2.10. The Morgan fingerprint density at radius 3 is 2.91 bits per heavy atom. The Morgan fingerprint density at radius 1 is 1.36 bits per heavy atom. The third-order valence-corrected chi connectivity index (χ3v) is 3.28. The van der Waals surface area contributed by atoms with Crippen LogP contribution in [-0.2, 0) is 6.54 Å². The number of hydrogen-bond acceptors (Lipinski definition) is 5. The predicted octanol–water partition coefficient (Wildman–Crippen LogP) is 1.04. The summed E-state index contributed by atoms with van der Waals surface area (Å²) in [7, 11) is 4.03. The highest BCUT2D eigenvalue weighted by atomic mass is 16.1. The number of carbonyl (C=O) groups excluding carboxylic acids is 1. The lowest BCUT2D eigenvalue weighted by Crippen LogP contribution is -2.27. The number of amides is 1. The molecule has 0 unspecified atom stereocenters. The van der Waals surface area contributed by atoms with E-state index in [9.17, 15) is 4.79 Å². The van der Waals surface area contributed by atoms with Crippen LogP contribution < -0.4 is 5.32 Å². The molecule has 1 heterocycles. The molecule has 0 spiro atoms. The zero-order valence-electron chi connectivity index (χ0n) is 13.3. The summed E-state index contributed by atoms with van der Waals surface area (Å²) in [5.74, 6) is 0.598. The van der Waals surface area contributed by atoms with Crippen LogP contribution >= 0.6 is 0 Å². The average Bonchev–Trinajstić information content (AvgIpc) is 3.00. The number of hydrogen-bond donors (Lipinski definition) is 1. The van der Waals surface area contributed by atoms with Gasteiger partial charge in [-0.1, -0.05) is 12.1 Å². The zero-order chi connectivity index (χ0) is 15.9. The van der Waals surface area contributed by atoms with Gasteiger partial charge in [-0.15, -0.1) is 5.10 Å². The lowest BCUT2D eigenvalue weighted by atomic mass is 10.1. The Hall–Kier alpha value is -2.28. The summed E-state index contributed by atoms with van der Waals surface area (Å²) in [6.07, 6.45) is 0.923. The molecule has 22 heavy (non-hydrogen) atoms. The third kappa shape index (κ3) is 4.11. The first kappa shape index (κ1) is 16.1. The van der Waals surface area contributed by atoms with Crippen LogP contribution in [-0.4, -0.2) is 58.2 Å². The van der Waals surface area contributed by atoms with Gasteiger partial charge in [0.25, 0.3) is 5.91 Å². The van der Waals surface area contributed by atoms with Gasteiger partial charge in [-0.05, 0) is 56.5 Å². The molecule has 0 aliphatic carbocycles. The predicted molar refractivity (Wildman–Crippen MR) is 84.4 cm³/mol. The highest BCUT2D eigenvalue weighted by Gasteiger charge is 2.11. The Bertz CT molecular complexity index is 622. The normalized spacial score (nSPS) is 10.9. The Morgan fingerprint density at radius 2 is 2.18 bits per heavy atom. The van der Waals surface area contributed by atoms with Gasteiger partial charge in [0, 0.05) is 24.2 Å². The SMILES string of the molecule is CCn1nnnc1-c1cccc(C(=O)NCCCN(C)C)c1. The van der Waals surface area contributed by atoms with Gasteiger partial charge in [0.15, 0.2) is 5.82 Å². The molecule has 0 saturated heterocycles.